The SMILES string of the molecule is COc1cc(N2C(=S)N[C@H](c3ccccn3)[C@@H]2c2ccc(-c3cc(C(=O)O)ccc3Cl)o2)ccc1NC(=O)C(C)(C)C. The lowest BCUT2D eigenvalue weighted by molar-refractivity contribution is -0.123. The number of amides is 1. The topological polar surface area (TPSA) is 117 Å². The number of hydrogen-bond donors (Lipinski definition) is 3. The molecule has 0 aliphatic carbocycles. The van der Waals surface area contributed by atoms with Gasteiger partial charge >= 0.3 is 5.97 Å². The van der Waals surface area contributed by atoms with E-state index in [-0.39, 0.29) is 17.5 Å². The van der Waals surface area contributed by atoms with Gasteiger partial charge in [-0.2, -0.15) is 0 Å². The number of benzene rings is 2. The van der Waals surface area contributed by atoms with Crippen molar-refractivity contribution in [2.75, 3.05) is 17.3 Å². The maximum absolute atomic E-state index is 12.7. The van der Waals surface area contributed by atoms with Gasteiger partial charge in [-0.3, -0.25) is 9.78 Å². The average Bonchev–Trinajstić information content (AvgIpc) is 3.58. The molecule has 2 aromatic carbocycles. The predicted octanol–water partition coefficient (Wildman–Crippen LogP) is 6.86. The summed E-state index contributed by atoms with van der Waals surface area (Å²) in [5, 5.41) is 16.6. The molecule has 9 nitrogen and oxygen atoms in total. The van der Waals surface area contributed by atoms with Crippen molar-refractivity contribution in [2.45, 2.75) is 32.9 Å². The summed E-state index contributed by atoms with van der Waals surface area (Å²) in [4.78, 5) is 30.7. The number of carbonyl (C=O) groups excluding carboxylic acids is 1. The second-order valence-electron chi connectivity index (χ2n) is 10.8. The summed E-state index contributed by atoms with van der Waals surface area (Å²) in [7, 11) is 1.54. The predicted molar refractivity (Wildman–Crippen MR) is 165 cm³/mol. The Labute approximate surface area is 253 Å². The van der Waals surface area contributed by atoms with Gasteiger partial charge in [-0.15, -0.1) is 0 Å². The third kappa shape index (κ3) is 5.68. The van der Waals surface area contributed by atoms with Crippen molar-refractivity contribution in [2.24, 2.45) is 5.41 Å². The van der Waals surface area contributed by atoms with E-state index < -0.39 is 17.4 Å². The van der Waals surface area contributed by atoms with E-state index in [4.69, 9.17) is 33.0 Å². The Hall–Kier alpha value is -4.41. The Morgan fingerprint density at radius 3 is 2.57 bits per heavy atom. The molecule has 1 aliphatic heterocycles. The number of halogens is 1. The molecule has 1 aliphatic rings. The van der Waals surface area contributed by atoms with Crippen LogP contribution in [0.1, 0.15) is 54.7 Å². The lowest BCUT2D eigenvalue weighted by Gasteiger charge is -2.27. The van der Waals surface area contributed by atoms with E-state index in [1.807, 2.05) is 56.0 Å². The minimum Gasteiger partial charge on any atom is -0.494 e. The number of aromatic nitrogens is 1. The van der Waals surface area contributed by atoms with Crippen LogP contribution in [0.25, 0.3) is 11.3 Å². The van der Waals surface area contributed by atoms with E-state index in [9.17, 15) is 14.7 Å². The number of pyridine rings is 1. The van der Waals surface area contributed by atoms with Gasteiger partial charge in [-0.1, -0.05) is 38.4 Å². The summed E-state index contributed by atoms with van der Waals surface area (Å²) < 4.78 is 12.0. The Morgan fingerprint density at radius 2 is 1.90 bits per heavy atom. The zero-order valence-corrected chi connectivity index (χ0v) is 24.9. The summed E-state index contributed by atoms with van der Waals surface area (Å²) in [5.41, 5.74) is 1.94. The highest BCUT2D eigenvalue weighted by atomic mass is 35.5. The Balaban J connectivity index is 1.58. The van der Waals surface area contributed by atoms with Crippen molar-refractivity contribution in [3.63, 3.8) is 0 Å². The standard InChI is InChI=1S/C31H29ClN4O5S/c1-31(2,3)29(39)34-21-11-9-18(16-25(21)40-4)36-27(26(35-30(36)42)22-7-5-6-14-33-22)24-13-12-23(41-24)19-15-17(28(37)38)8-10-20(19)32/h5-16,26-27H,1-4H3,(H,34,39)(H,35,42)(H,37,38)/t26-,27+/m1/s1. The van der Waals surface area contributed by atoms with Crippen LogP contribution in [0.5, 0.6) is 5.75 Å². The molecule has 0 unspecified atom stereocenters. The molecule has 1 amide bonds. The van der Waals surface area contributed by atoms with Gasteiger partial charge in [0.15, 0.2) is 5.11 Å². The fourth-order valence-corrected chi connectivity index (χ4v) is 5.23. The number of thiocarbonyl (C=S) groups is 1. The molecule has 0 radical (unpaired) electrons. The van der Waals surface area contributed by atoms with Gasteiger partial charge in [-0.25, -0.2) is 4.79 Å². The van der Waals surface area contributed by atoms with Crippen molar-refractivity contribution in [1.29, 1.82) is 0 Å². The molecule has 42 heavy (non-hydrogen) atoms. The van der Waals surface area contributed by atoms with Crippen molar-refractivity contribution in [3.8, 4) is 17.1 Å². The smallest absolute Gasteiger partial charge is 0.335 e. The number of aromatic carboxylic acids is 1. The van der Waals surface area contributed by atoms with Gasteiger partial charge in [-0.05, 0) is 66.8 Å². The maximum atomic E-state index is 12.7. The summed E-state index contributed by atoms with van der Waals surface area (Å²) in [6.07, 6.45) is 1.71. The molecule has 3 heterocycles. The fourth-order valence-electron chi connectivity index (χ4n) is 4.67. The molecule has 11 heteroatoms. The summed E-state index contributed by atoms with van der Waals surface area (Å²) in [6, 6.07) is 18.2. The molecule has 3 N–H and O–H groups in total. The first-order chi connectivity index (χ1) is 20.0. The number of anilines is 2. The van der Waals surface area contributed by atoms with Gasteiger partial charge in [0.2, 0.25) is 5.91 Å². The molecule has 1 saturated heterocycles. The zero-order chi connectivity index (χ0) is 30.2. The van der Waals surface area contributed by atoms with Crippen LogP contribution in [0, 0.1) is 5.41 Å². The average molecular weight is 605 g/mol. The Morgan fingerprint density at radius 1 is 1.12 bits per heavy atom. The first-order valence-electron chi connectivity index (χ1n) is 13.1. The molecule has 216 valence electrons. The number of ether oxygens (including phenoxy) is 1. The Kier molecular flexibility index (Phi) is 7.94. The van der Waals surface area contributed by atoms with Crippen LogP contribution in [-0.4, -0.2) is 34.2 Å². The number of furan rings is 1. The van der Waals surface area contributed by atoms with Crippen molar-refractivity contribution in [1.82, 2.24) is 10.3 Å². The number of nitrogens with zero attached hydrogens (tertiary/aromatic N) is 2. The highest BCUT2D eigenvalue weighted by molar-refractivity contribution is 7.80. The fraction of sp³-hybridized carbons (Fsp3) is 0.226. The quantitative estimate of drug-likeness (QED) is 0.194. The molecular formula is C31H29ClN4O5S. The number of nitrogens with one attached hydrogen (secondary N) is 2. The van der Waals surface area contributed by atoms with Crippen LogP contribution in [0.15, 0.2) is 77.3 Å². The van der Waals surface area contributed by atoms with Crippen LogP contribution in [-0.2, 0) is 4.79 Å². The van der Waals surface area contributed by atoms with Crippen LogP contribution in [0.4, 0.5) is 11.4 Å². The van der Waals surface area contributed by atoms with Crippen molar-refractivity contribution < 1.29 is 23.8 Å². The van der Waals surface area contributed by atoms with E-state index in [0.29, 0.717) is 44.3 Å². The van der Waals surface area contributed by atoms with E-state index in [1.54, 1.807) is 24.4 Å². The van der Waals surface area contributed by atoms with Crippen LogP contribution < -0.4 is 20.3 Å². The minimum atomic E-state index is -1.07. The van der Waals surface area contributed by atoms with E-state index in [1.165, 1.54) is 25.3 Å². The van der Waals surface area contributed by atoms with Crippen molar-refractivity contribution >= 4 is 52.2 Å². The normalized spacial score (nSPS) is 16.7. The van der Waals surface area contributed by atoms with Crippen LogP contribution in [0.3, 0.4) is 0 Å². The number of carboxylic acids is 1. The molecule has 0 saturated carbocycles. The number of hydrogen-bond acceptors (Lipinski definition) is 6. The molecule has 5 rings (SSSR count). The first-order valence-corrected chi connectivity index (χ1v) is 13.9. The minimum absolute atomic E-state index is 0.0924. The zero-order valence-electron chi connectivity index (χ0n) is 23.3. The maximum Gasteiger partial charge on any atom is 0.335 e. The second kappa shape index (κ2) is 11.5. The monoisotopic (exact) mass is 604 g/mol. The second-order valence-corrected chi connectivity index (χ2v) is 11.6. The van der Waals surface area contributed by atoms with E-state index in [2.05, 4.69) is 15.6 Å². The third-order valence-corrected chi connectivity index (χ3v) is 7.53. The lowest BCUT2D eigenvalue weighted by Crippen LogP contribution is -2.30. The largest absolute Gasteiger partial charge is 0.494 e. The number of carboxylic acid groups (broad SMARTS) is 1. The summed E-state index contributed by atoms with van der Waals surface area (Å²) >= 11 is 12.3. The Bertz CT molecular complexity index is 1670. The molecule has 2 atom stereocenters. The van der Waals surface area contributed by atoms with Gasteiger partial charge in [0.05, 0.1) is 35.1 Å². The number of methoxy groups -OCH3 is 1. The van der Waals surface area contributed by atoms with Gasteiger partial charge < -0.3 is 29.8 Å². The molecular weight excluding hydrogens is 576 g/mol. The highest BCUT2D eigenvalue weighted by Gasteiger charge is 2.43. The molecule has 1 fully saturated rings. The molecule has 4 aromatic rings. The first kappa shape index (κ1) is 29.1. The molecule has 2 aromatic heterocycles. The summed E-state index contributed by atoms with van der Waals surface area (Å²) in [6.45, 7) is 5.51. The molecule has 0 spiro atoms. The van der Waals surface area contributed by atoms with Crippen molar-refractivity contribution in [3.05, 3.63) is 95.0 Å². The number of rotatable bonds is 7. The van der Waals surface area contributed by atoms with Gasteiger partial charge in [0.1, 0.15) is 23.3 Å². The van der Waals surface area contributed by atoms with Crippen LogP contribution in [0.2, 0.25) is 5.02 Å². The third-order valence-electron chi connectivity index (χ3n) is 6.89. The van der Waals surface area contributed by atoms with Gasteiger partial charge in [0.25, 0.3) is 0 Å². The highest BCUT2D eigenvalue weighted by Crippen LogP contribution is 2.45. The van der Waals surface area contributed by atoms with Crippen LogP contribution >= 0.6 is 23.8 Å². The van der Waals surface area contributed by atoms with Gasteiger partial charge in [0, 0.05) is 28.9 Å². The van der Waals surface area contributed by atoms with E-state index >= 15 is 0 Å². The number of carbonyl (C=O) groups is 2. The lowest BCUT2D eigenvalue weighted by atomic mass is 9.95. The summed E-state index contributed by atoms with van der Waals surface area (Å²) in [5.74, 6) is 0.212. The molecule has 0 bridgehead atoms. The van der Waals surface area contributed by atoms with E-state index in [0.717, 1.165) is 5.69 Å².